The van der Waals surface area contributed by atoms with E-state index >= 15 is 0 Å². The van der Waals surface area contributed by atoms with Gasteiger partial charge in [0, 0.05) is 5.57 Å². The van der Waals surface area contributed by atoms with Crippen LogP contribution in [-0.2, 0) is 5.66 Å². The maximum absolute atomic E-state index is 13.6. The summed E-state index contributed by atoms with van der Waals surface area (Å²) in [6, 6.07) is 1.37. The zero-order valence-corrected chi connectivity index (χ0v) is 14.3. The summed E-state index contributed by atoms with van der Waals surface area (Å²) in [4.78, 5) is 24.6. The van der Waals surface area contributed by atoms with Crippen molar-refractivity contribution in [3.63, 3.8) is 0 Å². The predicted octanol–water partition coefficient (Wildman–Crippen LogP) is 3.67. The summed E-state index contributed by atoms with van der Waals surface area (Å²) < 4.78 is 15.0. The van der Waals surface area contributed by atoms with Crippen molar-refractivity contribution in [2.24, 2.45) is 0 Å². The fraction of sp³-hybridized carbons (Fsp3) is 0.200. The monoisotopic (exact) mass is 386 g/mol. The van der Waals surface area contributed by atoms with E-state index in [-0.39, 0.29) is 15.2 Å². The van der Waals surface area contributed by atoms with Crippen molar-refractivity contribution in [2.45, 2.75) is 19.5 Å². The number of hydrogen-bond acceptors (Lipinski definition) is 2. The Morgan fingerprint density at radius 1 is 1.55 bits per heavy atom. The molecule has 0 saturated carbocycles. The quantitative estimate of drug-likeness (QED) is 0.805. The van der Waals surface area contributed by atoms with E-state index in [0.29, 0.717) is 5.57 Å². The molecule has 116 valence electrons. The lowest BCUT2D eigenvalue weighted by atomic mass is 10.0. The number of allylic oxidation sites excluding steroid dienone is 3. The molecular weight excluding hydrogens is 375 g/mol. The van der Waals surface area contributed by atoms with Gasteiger partial charge in [0.25, 0.3) is 11.5 Å². The molecule has 22 heavy (non-hydrogen) atoms. The zero-order valence-electron chi connectivity index (χ0n) is 11.9. The minimum absolute atomic E-state index is 0.0333. The molecule has 1 unspecified atom stereocenters. The van der Waals surface area contributed by atoms with Gasteiger partial charge in [-0.25, -0.2) is 4.39 Å². The number of pyridine rings is 1. The van der Waals surface area contributed by atoms with E-state index in [0.717, 1.165) is 0 Å². The van der Waals surface area contributed by atoms with Gasteiger partial charge in [-0.05, 0) is 41.9 Å². The molecule has 0 saturated heterocycles. The van der Waals surface area contributed by atoms with Crippen molar-refractivity contribution < 1.29 is 9.18 Å². The summed E-state index contributed by atoms with van der Waals surface area (Å²) in [5, 5.41) is 2.80. The Labute approximate surface area is 140 Å². The molecule has 2 heterocycles. The van der Waals surface area contributed by atoms with Crippen molar-refractivity contribution in [1.82, 2.24) is 9.88 Å². The summed E-state index contributed by atoms with van der Waals surface area (Å²) in [5.74, 6) is -1.02. The third-order valence-corrected chi connectivity index (χ3v) is 4.34. The second-order valence-electron chi connectivity index (χ2n) is 4.83. The van der Waals surface area contributed by atoms with Crippen molar-refractivity contribution in [3.05, 3.63) is 67.8 Å². The lowest BCUT2D eigenvalue weighted by molar-refractivity contribution is 0.0941. The Morgan fingerprint density at radius 3 is 2.73 bits per heavy atom. The smallest absolute Gasteiger partial charge is 0.271 e. The second kappa shape index (κ2) is 5.85. The Morgan fingerprint density at radius 2 is 2.18 bits per heavy atom. The number of halogens is 3. The molecule has 1 N–H and O–H groups in total. The van der Waals surface area contributed by atoms with Crippen LogP contribution in [0.25, 0.3) is 0 Å². The summed E-state index contributed by atoms with van der Waals surface area (Å²) in [6.45, 7) is 6.76. The number of carbonyl (C=O) groups is 1. The largest absolute Gasteiger partial charge is 0.324 e. The van der Waals surface area contributed by atoms with Crippen molar-refractivity contribution in [3.8, 4) is 0 Å². The molecule has 0 spiro atoms. The third-order valence-electron chi connectivity index (χ3n) is 3.48. The molecule has 1 aromatic heterocycles. The van der Waals surface area contributed by atoms with E-state index in [9.17, 15) is 14.0 Å². The average Bonchev–Trinajstić information content (AvgIpc) is 2.74. The van der Waals surface area contributed by atoms with E-state index < -0.39 is 23.0 Å². The number of fused-ring (bicyclic) bond motifs is 1. The maximum atomic E-state index is 13.6. The molecule has 1 amide bonds. The molecular formula is C15H13BrClFN2O2. The van der Waals surface area contributed by atoms with Gasteiger partial charge in [0.2, 0.25) is 0 Å². The Bertz CT molecular complexity index is 797. The Hall–Kier alpha value is -1.66. The summed E-state index contributed by atoms with van der Waals surface area (Å²) in [7, 11) is 0. The highest BCUT2D eigenvalue weighted by Crippen LogP contribution is 2.34. The second-order valence-corrected chi connectivity index (χ2v) is 6.09. The average molecular weight is 388 g/mol. The van der Waals surface area contributed by atoms with Crippen LogP contribution in [0.1, 0.15) is 24.3 Å². The molecule has 1 aliphatic heterocycles. The van der Waals surface area contributed by atoms with E-state index in [4.69, 9.17) is 11.6 Å². The minimum atomic E-state index is -1.28. The SMILES string of the molecule is C=C/C(=C\C(F)=C/C)C1(C)NC(=O)c2c(Cl)cc(Br)c(=O)n21. The van der Waals surface area contributed by atoms with Gasteiger partial charge in [0.15, 0.2) is 0 Å². The van der Waals surface area contributed by atoms with Crippen LogP contribution < -0.4 is 10.9 Å². The van der Waals surface area contributed by atoms with Crippen LogP contribution in [0.15, 0.2) is 51.5 Å². The van der Waals surface area contributed by atoms with Crippen LogP contribution >= 0.6 is 27.5 Å². The van der Waals surface area contributed by atoms with Crippen molar-refractivity contribution in [2.75, 3.05) is 0 Å². The van der Waals surface area contributed by atoms with Crippen LogP contribution in [0.4, 0.5) is 4.39 Å². The normalized spacial score (nSPS) is 21.6. The van der Waals surface area contributed by atoms with E-state index in [1.165, 1.54) is 35.8 Å². The lowest BCUT2D eigenvalue weighted by Crippen LogP contribution is -2.46. The lowest BCUT2D eigenvalue weighted by Gasteiger charge is -2.28. The van der Waals surface area contributed by atoms with Gasteiger partial charge in [-0.3, -0.25) is 14.2 Å². The van der Waals surface area contributed by atoms with E-state index in [1.54, 1.807) is 6.92 Å². The summed E-state index contributed by atoms with van der Waals surface area (Å²) in [5.41, 5.74) is -1.37. The highest BCUT2D eigenvalue weighted by molar-refractivity contribution is 9.10. The first-order valence-electron chi connectivity index (χ1n) is 6.36. The number of carbonyl (C=O) groups excluding carboxylic acids is 1. The first-order chi connectivity index (χ1) is 10.3. The minimum Gasteiger partial charge on any atom is -0.324 e. The molecule has 0 aliphatic carbocycles. The molecule has 0 radical (unpaired) electrons. The van der Waals surface area contributed by atoms with Gasteiger partial charge in [-0.2, -0.15) is 0 Å². The topological polar surface area (TPSA) is 51.1 Å². The van der Waals surface area contributed by atoms with Crippen molar-refractivity contribution in [1.29, 1.82) is 0 Å². The summed E-state index contributed by atoms with van der Waals surface area (Å²) in [6.07, 6.45) is 3.87. The number of rotatable bonds is 3. The molecule has 0 bridgehead atoms. The molecule has 4 nitrogen and oxygen atoms in total. The Balaban J connectivity index is 2.82. The highest BCUT2D eigenvalue weighted by atomic mass is 79.9. The van der Waals surface area contributed by atoms with Gasteiger partial charge in [0.1, 0.15) is 17.2 Å². The van der Waals surface area contributed by atoms with Gasteiger partial charge < -0.3 is 5.32 Å². The maximum Gasteiger partial charge on any atom is 0.271 e. The van der Waals surface area contributed by atoms with Gasteiger partial charge in [-0.1, -0.05) is 30.3 Å². The number of nitrogens with zero attached hydrogens (tertiary/aromatic N) is 1. The standard InChI is InChI=1S/C15H13BrClFN2O2/c1-4-8(6-9(18)5-2)15(3)19-13(21)12-11(17)7-10(16)14(22)20(12)15/h4-7H,1H2,2-3H3,(H,19,21)/b8-6+,9-5+. The molecule has 1 aromatic rings. The summed E-state index contributed by atoms with van der Waals surface area (Å²) >= 11 is 9.19. The van der Waals surface area contributed by atoms with Crippen LogP contribution in [0.2, 0.25) is 5.02 Å². The van der Waals surface area contributed by atoms with Crippen LogP contribution in [-0.4, -0.2) is 10.5 Å². The van der Waals surface area contributed by atoms with Gasteiger partial charge in [-0.15, -0.1) is 0 Å². The van der Waals surface area contributed by atoms with Crippen LogP contribution in [0.3, 0.4) is 0 Å². The van der Waals surface area contributed by atoms with Crippen molar-refractivity contribution >= 4 is 33.4 Å². The Kier molecular flexibility index (Phi) is 4.44. The van der Waals surface area contributed by atoms with E-state index in [2.05, 4.69) is 27.8 Å². The number of aromatic nitrogens is 1. The fourth-order valence-electron chi connectivity index (χ4n) is 2.36. The van der Waals surface area contributed by atoms with Crippen LogP contribution in [0, 0.1) is 0 Å². The first-order valence-corrected chi connectivity index (χ1v) is 7.53. The molecule has 0 fully saturated rings. The molecule has 1 aliphatic rings. The fourth-order valence-corrected chi connectivity index (χ4v) is 3.18. The predicted molar refractivity (Wildman–Crippen MR) is 87.7 cm³/mol. The molecule has 7 heteroatoms. The first kappa shape index (κ1) is 16.7. The molecule has 2 rings (SSSR count). The molecule has 1 atom stereocenters. The number of amides is 1. The highest BCUT2D eigenvalue weighted by Gasteiger charge is 2.43. The number of nitrogens with one attached hydrogen (secondary N) is 1. The molecule has 0 aromatic carbocycles. The van der Waals surface area contributed by atoms with E-state index in [1.807, 2.05) is 0 Å². The van der Waals surface area contributed by atoms with Crippen LogP contribution in [0.5, 0.6) is 0 Å². The number of hydrogen-bond donors (Lipinski definition) is 1. The van der Waals surface area contributed by atoms with Gasteiger partial charge >= 0.3 is 0 Å². The third kappa shape index (κ3) is 2.46. The zero-order chi connectivity index (χ0) is 16.7. The van der Waals surface area contributed by atoms with Gasteiger partial charge in [0.05, 0.1) is 9.50 Å².